The van der Waals surface area contributed by atoms with Gasteiger partial charge in [0.05, 0.1) is 0 Å². The van der Waals surface area contributed by atoms with Crippen LogP contribution in [0.1, 0.15) is 62.3 Å². The molecule has 132 valence electrons. The van der Waals surface area contributed by atoms with E-state index in [2.05, 4.69) is 86.6 Å². The zero-order chi connectivity index (χ0) is 18.0. The van der Waals surface area contributed by atoms with E-state index >= 15 is 0 Å². The van der Waals surface area contributed by atoms with E-state index in [1.54, 1.807) is 11.1 Å². The zero-order valence-electron chi connectivity index (χ0n) is 17.2. The van der Waals surface area contributed by atoms with Crippen LogP contribution in [0.3, 0.4) is 0 Å². The highest BCUT2D eigenvalue weighted by Crippen LogP contribution is 2.58. The third kappa shape index (κ3) is 2.76. The van der Waals surface area contributed by atoms with Crippen LogP contribution in [0, 0.1) is 40.4 Å². The molecule has 0 amide bonds. The van der Waals surface area contributed by atoms with Gasteiger partial charge in [-0.25, -0.2) is 0 Å². The van der Waals surface area contributed by atoms with Gasteiger partial charge in [0.1, 0.15) is 0 Å². The minimum absolute atomic E-state index is 0.240. The number of fused-ring (bicyclic) bond motifs is 3. The van der Waals surface area contributed by atoms with Crippen molar-refractivity contribution >= 4 is 0 Å². The van der Waals surface area contributed by atoms with Crippen LogP contribution < -0.4 is 0 Å². The van der Waals surface area contributed by atoms with Crippen LogP contribution in [-0.2, 0) is 0 Å². The van der Waals surface area contributed by atoms with Gasteiger partial charge in [-0.1, -0.05) is 83.9 Å². The van der Waals surface area contributed by atoms with E-state index in [0.717, 1.165) is 5.92 Å². The highest BCUT2D eigenvalue weighted by atomic mass is 14.5. The van der Waals surface area contributed by atoms with Gasteiger partial charge in [0, 0.05) is 0 Å². The van der Waals surface area contributed by atoms with Gasteiger partial charge in [0.25, 0.3) is 0 Å². The Labute approximate surface area is 149 Å². The molecule has 1 fully saturated rings. The Morgan fingerprint density at radius 2 is 1.00 bits per heavy atom. The Balaban J connectivity index is 2.09. The van der Waals surface area contributed by atoms with E-state index < -0.39 is 0 Å². The highest BCUT2D eigenvalue weighted by Gasteiger charge is 2.50. The van der Waals surface area contributed by atoms with Crippen molar-refractivity contribution in [2.45, 2.75) is 62.3 Å². The molecule has 3 aliphatic carbocycles. The van der Waals surface area contributed by atoms with E-state index in [0.29, 0.717) is 23.7 Å². The summed E-state index contributed by atoms with van der Waals surface area (Å²) in [6.45, 7) is 21.3. The molecule has 0 N–H and O–H groups in total. The molecule has 0 spiro atoms. The third-order valence-corrected chi connectivity index (χ3v) is 6.70. The molecule has 0 heteroatoms. The van der Waals surface area contributed by atoms with Gasteiger partial charge < -0.3 is 0 Å². The predicted molar refractivity (Wildman–Crippen MR) is 106 cm³/mol. The first-order valence-electron chi connectivity index (χ1n) is 9.72. The molecule has 24 heavy (non-hydrogen) atoms. The summed E-state index contributed by atoms with van der Waals surface area (Å²) in [6, 6.07) is 0. The number of hydrogen-bond acceptors (Lipinski definition) is 0. The lowest BCUT2D eigenvalue weighted by molar-refractivity contribution is 0.379. The molecule has 0 radical (unpaired) electrons. The Bertz CT molecular complexity index is 593. The standard InChI is InChI=1S/C24H36/c1-14-10-17(23(4,5)6)12-19-20-13-18(24(7,8)9)11-15(2)22(20)16(3)21(14)19/h10-13,16,19-22H,1-9H3. The van der Waals surface area contributed by atoms with Crippen molar-refractivity contribution in [1.29, 1.82) is 0 Å². The molecule has 4 unspecified atom stereocenters. The molecule has 0 aliphatic heterocycles. The average Bonchev–Trinajstić information content (AvgIpc) is 2.71. The summed E-state index contributed by atoms with van der Waals surface area (Å²) in [5.41, 5.74) is 6.76. The van der Waals surface area contributed by atoms with Crippen LogP contribution in [0.15, 0.2) is 46.6 Å². The SMILES string of the molecule is CC1=CC(C(C)(C)C)=CC2C3C=C(C(C)(C)C)C=C(C)C3C(C)C12. The number of rotatable bonds is 0. The molecule has 0 heterocycles. The van der Waals surface area contributed by atoms with Crippen molar-refractivity contribution in [3.63, 3.8) is 0 Å². The second-order valence-electron chi connectivity index (χ2n) is 10.6. The molecule has 3 rings (SSSR count). The molecular weight excluding hydrogens is 288 g/mol. The summed E-state index contributed by atoms with van der Waals surface area (Å²) >= 11 is 0. The van der Waals surface area contributed by atoms with Crippen LogP contribution in [0.4, 0.5) is 0 Å². The fourth-order valence-corrected chi connectivity index (χ4v) is 5.40. The van der Waals surface area contributed by atoms with E-state index in [9.17, 15) is 0 Å². The molecule has 0 aromatic rings. The summed E-state index contributed by atoms with van der Waals surface area (Å²) in [4.78, 5) is 0. The summed E-state index contributed by atoms with van der Waals surface area (Å²) in [5, 5.41) is 0. The number of allylic oxidation sites excluding steroid dienone is 8. The Morgan fingerprint density at radius 1 is 0.667 bits per heavy atom. The predicted octanol–water partition coefficient (Wildman–Crippen LogP) is 6.97. The Morgan fingerprint density at radius 3 is 1.29 bits per heavy atom. The topological polar surface area (TPSA) is 0 Å². The molecule has 0 aromatic carbocycles. The van der Waals surface area contributed by atoms with Gasteiger partial charge in [0.2, 0.25) is 0 Å². The second-order valence-corrected chi connectivity index (χ2v) is 10.6. The van der Waals surface area contributed by atoms with Gasteiger partial charge in [-0.15, -0.1) is 0 Å². The summed E-state index contributed by atoms with van der Waals surface area (Å²) in [7, 11) is 0. The van der Waals surface area contributed by atoms with Gasteiger partial charge >= 0.3 is 0 Å². The lowest BCUT2D eigenvalue weighted by Crippen LogP contribution is -2.24. The van der Waals surface area contributed by atoms with Crippen molar-refractivity contribution < 1.29 is 0 Å². The highest BCUT2D eigenvalue weighted by molar-refractivity contribution is 5.43. The minimum Gasteiger partial charge on any atom is -0.0764 e. The molecule has 4 atom stereocenters. The maximum Gasteiger partial charge on any atom is -0.00900 e. The smallest absolute Gasteiger partial charge is 0.00900 e. The van der Waals surface area contributed by atoms with Crippen molar-refractivity contribution in [2.24, 2.45) is 40.4 Å². The average molecular weight is 325 g/mol. The first kappa shape index (κ1) is 17.8. The Kier molecular flexibility index (Phi) is 4.06. The van der Waals surface area contributed by atoms with Crippen LogP contribution in [0.5, 0.6) is 0 Å². The van der Waals surface area contributed by atoms with Crippen molar-refractivity contribution in [3.05, 3.63) is 46.6 Å². The van der Waals surface area contributed by atoms with E-state index in [4.69, 9.17) is 0 Å². The van der Waals surface area contributed by atoms with Crippen molar-refractivity contribution in [2.75, 3.05) is 0 Å². The first-order valence-corrected chi connectivity index (χ1v) is 9.72. The van der Waals surface area contributed by atoms with E-state index in [1.807, 2.05) is 0 Å². The van der Waals surface area contributed by atoms with Gasteiger partial charge in [0.15, 0.2) is 0 Å². The van der Waals surface area contributed by atoms with Gasteiger partial charge in [-0.3, -0.25) is 0 Å². The quantitative estimate of drug-likeness (QED) is 0.451. The van der Waals surface area contributed by atoms with Gasteiger partial charge in [-0.05, 0) is 65.4 Å². The molecule has 0 nitrogen and oxygen atoms in total. The molecule has 0 bridgehead atoms. The molecule has 1 saturated carbocycles. The van der Waals surface area contributed by atoms with E-state index in [-0.39, 0.29) is 10.8 Å². The van der Waals surface area contributed by atoms with Crippen LogP contribution >= 0.6 is 0 Å². The van der Waals surface area contributed by atoms with Gasteiger partial charge in [-0.2, -0.15) is 0 Å². The maximum atomic E-state index is 2.63. The minimum atomic E-state index is 0.240. The monoisotopic (exact) mass is 324 g/mol. The Hall–Kier alpha value is -1.04. The van der Waals surface area contributed by atoms with Crippen LogP contribution in [0.25, 0.3) is 0 Å². The molecule has 0 aromatic heterocycles. The number of hydrogen-bond donors (Lipinski definition) is 0. The van der Waals surface area contributed by atoms with Crippen LogP contribution in [-0.4, -0.2) is 0 Å². The zero-order valence-corrected chi connectivity index (χ0v) is 17.2. The first-order chi connectivity index (χ1) is 10.9. The summed E-state index contributed by atoms with van der Waals surface area (Å²) in [5.74, 6) is 3.51. The molecule has 0 saturated heterocycles. The molecular formula is C24H36. The summed E-state index contributed by atoms with van der Waals surface area (Å²) in [6.07, 6.45) is 10.2. The van der Waals surface area contributed by atoms with Crippen molar-refractivity contribution in [3.8, 4) is 0 Å². The fourth-order valence-electron chi connectivity index (χ4n) is 5.40. The maximum absolute atomic E-state index is 2.63. The lowest BCUT2D eigenvalue weighted by atomic mass is 9.70. The fraction of sp³-hybridized carbons (Fsp3) is 0.667. The molecule has 3 aliphatic rings. The second kappa shape index (κ2) is 5.48. The largest absolute Gasteiger partial charge is 0.0764 e. The third-order valence-electron chi connectivity index (χ3n) is 6.70. The normalized spacial score (nSPS) is 36.3. The van der Waals surface area contributed by atoms with Crippen molar-refractivity contribution in [1.82, 2.24) is 0 Å². The van der Waals surface area contributed by atoms with Crippen LogP contribution in [0.2, 0.25) is 0 Å². The summed E-state index contributed by atoms with van der Waals surface area (Å²) < 4.78 is 0. The lowest BCUT2D eigenvalue weighted by Gasteiger charge is -2.34. The van der Waals surface area contributed by atoms with E-state index in [1.165, 1.54) is 11.1 Å².